The van der Waals surface area contributed by atoms with Crippen LogP contribution in [0.25, 0.3) is 0 Å². The van der Waals surface area contributed by atoms with Crippen molar-refractivity contribution in [3.8, 4) is 0 Å². The first kappa shape index (κ1) is 12.0. The van der Waals surface area contributed by atoms with Gasteiger partial charge in [-0.15, -0.1) is 11.3 Å². The average molecular weight is 288 g/mol. The Morgan fingerprint density at radius 3 is 2.57 bits per heavy atom. The second-order valence-corrected chi connectivity index (χ2v) is 5.30. The largest absolute Gasteiger partial charge is 0.390 e. The molecular formula is C8H9BrF3NS. The van der Waals surface area contributed by atoms with Gasteiger partial charge in [0.1, 0.15) is 0 Å². The lowest BCUT2D eigenvalue weighted by molar-refractivity contribution is -0.133. The maximum absolute atomic E-state index is 11.7. The van der Waals surface area contributed by atoms with E-state index < -0.39 is 12.6 Å². The smallest absolute Gasteiger partial charge is 0.312 e. The fraction of sp³-hybridized carbons (Fsp3) is 0.500. The van der Waals surface area contributed by atoms with E-state index in [4.69, 9.17) is 0 Å². The Bertz CT molecular complexity index is 284. The van der Waals surface area contributed by atoms with Crippen molar-refractivity contribution in [3.05, 3.63) is 20.8 Å². The third kappa shape index (κ3) is 4.97. The van der Waals surface area contributed by atoms with Crippen LogP contribution < -0.4 is 5.32 Å². The van der Waals surface area contributed by atoms with E-state index in [2.05, 4.69) is 21.2 Å². The van der Waals surface area contributed by atoms with Gasteiger partial charge in [0.2, 0.25) is 0 Å². The minimum absolute atomic E-state index is 0.0288. The fourth-order valence-corrected chi connectivity index (χ4v) is 2.34. The van der Waals surface area contributed by atoms with Gasteiger partial charge in [0.15, 0.2) is 0 Å². The Balaban J connectivity index is 2.16. The van der Waals surface area contributed by atoms with Crippen LogP contribution in [-0.2, 0) is 6.54 Å². The molecule has 0 saturated carbocycles. The Morgan fingerprint density at radius 1 is 1.36 bits per heavy atom. The van der Waals surface area contributed by atoms with Gasteiger partial charge in [-0.3, -0.25) is 0 Å². The molecule has 1 rings (SSSR count). The normalized spacial score (nSPS) is 12.0. The van der Waals surface area contributed by atoms with Crippen LogP contribution in [0.3, 0.4) is 0 Å². The molecule has 0 bridgehead atoms. The summed E-state index contributed by atoms with van der Waals surface area (Å²) in [4.78, 5) is 1.03. The highest BCUT2D eigenvalue weighted by atomic mass is 79.9. The van der Waals surface area contributed by atoms with Gasteiger partial charge in [-0.2, -0.15) is 13.2 Å². The molecule has 0 aliphatic heterocycles. The standard InChI is InChI=1S/C8H9BrF3NS/c9-7-2-1-6(14-7)5-13-4-3-8(10,11)12/h1-2,13H,3-5H2. The van der Waals surface area contributed by atoms with Crippen LogP contribution in [0.1, 0.15) is 11.3 Å². The summed E-state index contributed by atoms with van der Waals surface area (Å²) in [6, 6.07) is 3.76. The predicted octanol–water partition coefficient (Wildman–Crippen LogP) is 3.55. The second kappa shape index (κ2) is 5.14. The van der Waals surface area contributed by atoms with Crippen molar-refractivity contribution in [2.24, 2.45) is 0 Å². The number of hydrogen-bond donors (Lipinski definition) is 1. The highest BCUT2D eigenvalue weighted by Gasteiger charge is 2.25. The van der Waals surface area contributed by atoms with Gasteiger partial charge in [0.25, 0.3) is 0 Å². The van der Waals surface area contributed by atoms with Crippen molar-refractivity contribution in [1.82, 2.24) is 5.32 Å². The van der Waals surface area contributed by atoms with E-state index in [0.717, 1.165) is 8.66 Å². The third-order valence-electron chi connectivity index (χ3n) is 1.51. The van der Waals surface area contributed by atoms with Crippen LogP contribution in [0.15, 0.2) is 15.9 Å². The zero-order chi connectivity index (χ0) is 10.6. The van der Waals surface area contributed by atoms with Crippen molar-refractivity contribution in [2.75, 3.05) is 6.54 Å². The first-order chi connectivity index (χ1) is 6.47. The first-order valence-corrected chi connectivity index (χ1v) is 5.60. The summed E-state index contributed by atoms with van der Waals surface area (Å²) in [6.07, 6.45) is -4.84. The molecule has 0 radical (unpaired) electrons. The van der Waals surface area contributed by atoms with Gasteiger partial charge in [0, 0.05) is 18.0 Å². The van der Waals surface area contributed by atoms with Gasteiger partial charge in [0.05, 0.1) is 10.2 Å². The van der Waals surface area contributed by atoms with Crippen LogP contribution in [0.5, 0.6) is 0 Å². The average Bonchev–Trinajstić information content (AvgIpc) is 2.44. The van der Waals surface area contributed by atoms with Crippen molar-refractivity contribution < 1.29 is 13.2 Å². The molecule has 14 heavy (non-hydrogen) atoms. The van der Waals surface area contributed by atoms with Crippen molar-refractivity contribution in [1.29, 1.82) is 0 Å². The maximum Gasteiger partial charge on any atom is 0.390 e. The molecule has 0 unspecified atom stereocenters. The number of nitrogens with one attached hydrogen (secondary N) is 1. The van der Waals surface area contributed by atoms with E-state index in [-0.39, 0.29) is 6.54 Å². The molecular weight excluding hydrogens is 279 g/mol. The lowest BCUT2D eigenvalue weighted by Crippen LogP contribution is -2.20. The summed E-state index contributed by atoms with van der Waals surface area (Å²) in [5.41, 5.74) is 0. The Morgan fingerprint density at radius 2 is 2.07 bits per heavy atom. The highest BCUT2D eigenvalue weighted by molar-refractivity contribution is 9.11. The van der Waals surface area contributed by atoms with Crippen molar-refractivity contribution in [2.45, 2.75) is 19.1 Å². The highest BCUT2D eigenvalue weighted by Crippen LogP contribution is 2.22. The van der Waals surface area contributed by atoms with Gasteiger partial charge in [-0.25, -0.2) is 0 Å². The topological polar surface area (TPSA) is 12.0 Å². The van der Waals surface area contributed by atoms with E-state index in [0.29, 0.717) is 6.54 Å². The van der Waals surface area contributed by atoms with E-state index in [9.17, 15) is 13.2 Å². The first-order valence-electron chi connectivity index (χ1n) is 3.99. The summed E-state index contributed by atoms with van der Waals surface area (Å²) >= 11 is 4.80. The number of alkyl halides is 3. The van der Waals surface area contributed by atoms with Crippen LogP contribution in [0, 0.1) is 0 Å². The van der Waals surface area contributed by atoms with E-state index in [1.54, 1.807) is 0 Å². The van der Waals surface area contributed by atoms with Crippen LogP contribution in [0.2, 0.25) is 0 Å². The number of halogens is 4. The van der Waals surface area contributed by atoms with Gasteiger partial charge in [-0.05, 0) is 28.1 Å². The molecule has 0 atom stereocenters. The third-order valence-corrected chi connectivity index (χ3v) is 3.14. The van der Waals surface area contributed by atoms with Gasteiger partial charge < -0.3 is 5.32 Å². The fourth-order valence-electron chi connectivity index (χ4n) is 0.888. The zero-order valence-electron chi connectivity index (χ0n) is 7.20. The SMILES string of the molecule is FC(F)(F)CCNCc1ccc(Br)s1. The van der Waals surface area contributed by atoms with Gasteiger partial charge in [-0.1, -0.05) is 0 Å². The molecule has 0 aliphatic rings. The molecule has 1 aromatic rings. The molecule has 80 valence electrons. The molecule has 0 spiro atoms. The number of rotatable bonds is 4. The summed E-state index contributed by atoms with van der Waals surface area (Å²) < 4.78 is 36.2. The molecule has 6 heteroatoms. The number of thiophene rings is 1. The van der Waals surface area contributed by atoms with Crippen LogP contribution in [0.4, 0.5) is 13.2 Å². The van der Waals surface area contributed by atoms with Crippen molar-refractivity contribution >= 4 is 27.3 Å². The molecule has 0 aliphatic carbocycles. The Hall–Kier alpha value is -0.0700. The van der Waals surface area contributed by atoms with Gasteiger partial charge >= 0.3 is 6.18 Å². The molecule has 1 heterocycles. The Kier molecular flexibility index (Phi) is 4.40. The van der Waals surface area contributed by atoms with Crippen LogP contribution >= 0.6 is 27.3 Å². The summed E-state index contributed by atoms with van der Waals surface area (Å²) in [5.74, 6) is 0. The van der Waals surface area contributed by atoms with Crippen molar-refractivity contribution in [3.63, 3.8) is 0 Å². The molecule has 0 aromatic carbocycles. The molecule has 1 N–H and O–H groups in total. The quantitative estimate of drug-likeness (QED) is 0.835. The lowest BCUT2D eigenvalue weighted by atomic mass is 10.4. The monoisotopic (exact) mass is 287 g/mol. The zero-order valence-corrected chi connectivity index (χ0v) is 9.60. The molecule has 1 nitrogen and oxygen atoms in total. The minimum Gasteiger partial charge on any atom is -0.312 e. The lowest BCUT2D eigenvalue weighted by Gasteiger charge is -2.06. The number of hydrogen-bond acceptors (Lipinski definition) is 2. The molecule has 0 amide bonds. The molecule has 0 saturated heterocycles. The minimum atomic E-state index is -4.07. The summed E-state index contributed by atoms with van der Waals surface area (Å²) in [7, 11) is 0. The predicted molar refractivity (Wildman–Crippen MR) is 54.4 cm³/mol. The van der Waals surface area contributed by atoms with E-state index >= 15 is 0 Å². The maximum atomic E-state index is 11.7. The molecule has 1 aromatic heterocycles. The van der Waals surface area contributed by atoms with Crippen LogP contribution in [-0.4, -0.2) is 12.7 Å². The summed E-state index contributed by atoms with van der Waals surface area (Å²) in [6.45, 7) is 0.464. The molecule has 0 fully saturated rings. The Labute approximate surface area is 92.4 Å². The van der Waals surface area contributed by atoms with E-state index in [1.165, 1.54) is 11.3 Å². The second-order valence-electron chi connectivity index (χ2n) is 2.75. The van der Waals surface area contributed by atoms with E-state index in [1.807, 2.05) is 12.1 Å². The summed E-state index contributed by atoms with van der Waals surface area (Å²) in [5, 5.41) is 2.74.